The molecule has 0 bridgehead atoms. The molecule has 1 aliphatic heterocycles. The zero-order valence-corrected chi connectivity index (χ0v) is 18.0. The minimum Gasteiger partial charge on any atom is -0.372 e. The monoisotopic (exact) mass is 436 g/mol. The Morgan fingerprint density at radius 1 is 1.16 bits per heavy atom. The summed E-state index contributed by atoms with van der Waals surface area (Å²) in [6.45, 7) is 5.57. The van der Waals surface area contributed by atoms with Crippen LogP contribution in [0.5, 0.6) is 0 Å². The molecule has 0 aliphatic carbocycles. The molecule has 8 nitrogen and oxygen atoms in total. The minimum atomic E-state index is -0.570. The number of carbonyl (C=O) groups is 1. The van der Waals surface area contributed by atoms with Crippen molar-refractivity contribution in [3.8, 4) is 0 Å². The maximum atomic E-state index is 13.0. The van der Waals surface area contributed by atoms with Gasteiger partial charge in [0.05, 0.1) is 29.8 Å². The molecule has 0 unspecified atom stereocenters. The summed E-state index contributed by atoms with van der Waals surface area (Å²) in [5, 5.41) is 5.99. The van der Waals surface area contributed by atoms with E-state index < -0.39 is 6.67 Å². The molecule has 0 aromatic carbocycles. The standard InChI is InChI=1S/C23H25FN6O2/c1-23(2)15-30(9-10-32-23)19-6-7-25-14-18(19)28-22(31)17-5-8-26-21(11-17)29-20-4-3-16(12-24)13-27-20/h3-8,11,13-14H,9-10,12,15H2,1-2H3,(H,28,31)(H,26,27,29). The number of carbonyl (C=O) groups excluding carboxylic acids is 1. The summed E-state index contributed by atoms with van der Waals surface area (Å²) in [7, 11) is 0. The maximum Gasteiger partial charge on any atom is 0.255 e. The average Bonchev–Trinajstić information content (AvgIpc) is 2.79. The maximum absolute atomic E-state index is 13.0. The number of amides is 1. The number of aromatic nitrogens is 3. The number of rotatable bonds is 6. The van der Waals surface area contributed by atoms with Crippen molar-refractivity contribution >= 4 is 28.9 Å². The van der Waals surface area contributed by atoms with Gasteiger partial charge in [0.1, 0.15) is 18.3 Å². The lowest BCUT2D eigenvalue weighted by Gasteiger charge is -2.40. The van der Waals surface area contributed by atoms with Gasteiger partial charge in [-0.05, 0) is 38.1 Å². The molecule has 32 heavy (non-hydrogen) atoms. The molecule has 4 rings (SSSR count). The van der Waals surface area contributed by atoms with Crippen molar-refractivity contribution in [1.29, 1.82) is 0 Å². The number of anilines is 4. The molecular formula is C23H25FN6O2. The van der Waals surface area contributed by atoms with Crippen molar-refractivity contribution in [3.63, 3.8) is 0 Å². The van der Waals surface area contributed by atoms with Crippen LogP contribution in [0.1, 0.15) is 29.8 Å². The van der Waals surface area contributed by atoms with Crippen LogP contribution in [-0.2, 0) is 11.4 Å². The lowest BCUT2D eigenvalue weighted by atomic mass is 10.1. The third-order valence-corrected chi connectivity index (χ3v) is 5.07. The molecule has 1 fully saturated rings. The van der Waals surface area contributed by atoms with E-state index >= 15 is 0 Å². The van der Waals surface area contributed by atoms with E-state index in [9.17, 15) is 9.18 Å². The Morgan fingerprint density at radius 2 is 2.03 bits per heavy atom. The van der Waals surface area contributed by atoms with Gasteiger partial charge in [-0.3, -0.25) is 9.78 Å². The fourth-order valence-corrected chi connectivity index (χ4v) is 3.52. The average molecular weight is 436 g/mol. The quantitative estimate of drug-likeness (QED) is 0.604. The van der Waals surface area contributed by atoms with Gasteiger partial charge in [-0.25, -0.2) is 14.4 Å². The molecule has 3 aromatic rings. The third-order valence-electron chi connectivity index (χ3n) is 5.07. The normalized spacial score (nSPS) is 15.3. The first-order valence-corrected chi connectivity index (χ1v) is 10.3. The van der Waals surface area contributed by atoms with E-state index in [0.717, 1.165) is 12.2 Å². The van der Waals surface area contributed by atoms with Gasteiger partial charge in [0, 0.05) is 42.8 Å². The molecular weight excluding hydrogens is 411 g/mol. The first kappa shape index (κ1) is 21.6. The summed E-state index contributed by atoms with van der Waals surface area (Å²) in [5.41, 5.74) is 2.18. The molecule has 1 aliphatic rings. The van der Waals surface area contributed by atoms with Crippen LogP contribution in [0.2, 0.25) is 0 Å². The lowest BCUT2D eigenvalue weighted by Crippen LogP contribution is -2.48. The molecule has 2 N–H and O–H groups in total. The Labute approximate surface area is 185 Å². The number of nitrogens with one attached hydrogen (secondary N) is 2. The lowest BCUT2D eigenvalue weighted by molar-refractivity contribution is -0.0276. The van der Waals surface area contributed by atoms with E-state index in [1.165, 1.54) is 6.20 Å². The zero-order chi connectivity index (χ0) is 22.6. The van der Waals surface area contributed by atoms with E-state index in [0.29, 0.717) is 41.6 Å². The van der Waals surface area contributed by atoms with E-state index in [-0.39, 0.29) is 11.5 Å². The Morgan fingerprint density at radius 3 is 2.78 bits per heavy atom. The van der Waals surface area contributed by atoms with Crippen LogP contribution in [0.15, 0.2) is 55.1 Å². The van der Waals surface area contributed by atoms with Gasteiger partial charge in [0.15, 0.2) is 0 Å². The van der Waals surface area contributed by atoms with Crippen LogP contribution >= 0.6 is 0 Å². The second-order valence-electron chi connectivity index (χ2n) is 8.12. The Kier molecular flexibility index (Phi) is 6.27. The predicted molar refractivity (Wildman–Crippen MR) is 121 cm³/mol. The Bertz CT molecular complexity index is 1090. The summed E-state index contributed by atoms with van der Waals surface area (Å²) in [5.74, 6) is 0.689. The molecule has 0 spiro atoms. The summed E-state index contributed by atoms with van der Waals surface area (Å²) >= 11 is 0. The first-order valence-electron chi connectivity index (χ1n) is 10.3. The molecule has 166 valence electrons. The molecule has 0 saturated carbocycles. The summed E-state index contributed by atoms with van der Waals surface area (Å²) in [6.07, 6.45) is 6.35. The topological polar surface area (TPSA) is 92.3 Å². The Balaban J connectivity index is 1.49. The van der Waals surface area contributed by atoms with Gasteiger partial charge < -0.3 is 20.3 Å². The molecule has 9 heteroatoms. The highest BCUT2D eigenvalue weighted by Crippen LogP contribution is 2.29. The molecule has 0 atom stereocenters. The summed E-state index contributed by atoms with van der Waals surface area (Å²) in [4.78, 5) is 27.7. The van der Waals surface area contributed by atoms with Crippen molar-refractivity contribution in [1.82, 2.24) is 15.0 Å². The van der Waals surface area contributed by atoms with Crippen molar-refractivity contribution in [2.75, 3.05) is 35.2 Å². The number of morpholine rings is 1. The highest BCUT2D eigenvalue weighted by atomic mass is 19.1. The van der Waals surface area contributed by atoms with Gasteiger partial charge in [-0.1, -0.05) is 6.07 Å². The highest BCUT2D eigenvalue weighted by Gasteiger charge is 2.28. The van der Waals surface area contributed by atoms with Crippen LogP contribution in [0.25, 0.3) is 0 Å². The van der Waals surface area contributed by atoms with Gasteiger partial charge >= 0.3 is 0 Å². The summed E-state index contributed by atoms with van der Waals surface area (Å²) < 4.78 is 18.5. The number of pyridine rings is 3. The summed E-state index contributed by atoms with van der Waals surface area (Å²) in [6, 6.07) is 8.46. The third kappa shape index (κ3) is 5.17. The second kappa shape index (κ2) is 9.27. The van der Waals surface area contributed by atoms with Gasteiger partial charge in [-0.15, -0.1) is 0 Å². The van der Waals surface area contributed by atoms with Crippen molar-refractivity contribution in [3.05, 3.63) is 66.2 Å². The van der Waals surface area contributed by atoms with Crippen LogP contribution in [-0.4, -0.2) is 46.2 Å². The largest absolute Gasteiger partial charge is 0.372 e. The fraction of sp³-hybridized carbons (Fsp3) is 0.304. The zero-order valence-electron chi connectivity index (χ0n) is 18.0. The number of hydrogen-bond acceptors (Lipinski definition) is 7. The van der Waals surface area contributed by atoms with Crippen LogP contribution in [0.3, 0.4) is 0 Å². The van der Waals surface area contributed by atoms with E-state index in [4.69, 9.17) is 4.74 Å². The predicted octanol–water partition coefficient (Wildman–Crippen LogP) is 3.95. The van der Waals surface area contributed by atoms with Gasteiger partial charge in [0.2, 0.25) is 0 Å². The fourth-order valence-electron chi connectivity index (χ4n) is 3.52. The molecule has 0 radical (unpaired) electrons. The Hall–Kier alpha value is -3.59. The van der Waals surface area contributed by atoms with Gasteiger partial charge in [-0.2, -0.15) is 0 Å². The molecule has 1 amide bonds. The highest BCUT2D eigenvalue weighted by molar-refractivity contribution is 6.06. The minimum absolute atomic E-state index is 0.273. The van der Waals surface area contributed by atoms with E-state index in [1.54, 1.807) is 42.9 Å². The van der Waals surface area contributed by atoms with Gasteiger partial charge in [0.25, 0.3) is 5.91 Å². The van der Waals surface area contributed by atoms with Crippen LogP contribution in [0.4, 0.5) is 27.4 Å². The molecule has 1 saturated heterocycles. The number of halogens is 1. The van der Waals surface area contributed by atoms with Crippen molar-refractivity contribution < 1.29 is 13.9 Å². The van der Waals surface area contributed by atoms with E-state index in [1.807, 2.05) is 19.9 Å². The number of ether oxygens (including phenoxy) is 1. The molecule has 3 aromatic heterocycles. The number of alkyl halides is 1. The van der Waals surface area contributed by atoms with E-state index in [2.05, 4.69) is 30.5 Å². The first-order chi connectivity index (χ1) is 15.4. The van der Waals surface area contributed by atoms with Crippen LogP contribution < -0.4 is 15.5 Å². The second-order valence-corrected chi connectivity index (χ2v) is 8.12. The van der Waals surface area contributed by atoms with Crippen LogP contribution in [0, 0.1) is 0 Å². The number of nitrogens with zero attached hydrogens (tertiary/aromatic N) is 4. The van der Waals surface area contributed by atoms with Crippen molar-refractivity contribution in [2.24, 2.45) is 0 Å². The number of hydrogen-bond donors (Lipinski definition) is 2. The smallest absolute Gasteiger partial charge is 0.255 e. The van der Waals surface area contributed by atoms with Crippen molar-refractivity contribution in [2.45, 2.75) is 26.1 Å². The molecule has 4 heterocycles. The SMILES string of the molecule is CC1(C)CN(c2ccncc2NC(=O)c2ccnc(Nc3ccc(CF)cn3)c2)CCO1.